The molecule has 7 heteroatoms. The summed E-state index contributed by atoms with van der Waals surface area (Å²) in [4.78, 5) is 26.0. The van der Waals surface area contributed by atoms with Crippen LogP contribution in [0, 0.1) is 0 Å². The van der Waals surface area contributed by atoms with Crippen LogP contribution in [0.4, 0.5) is 16.2 Å². The summed E-state index contributed by atoms with van der Waals surface area (Å²) >= 11 is 0. The van der Waals surface area contributed by atoms with Crippen LogP contribution in [0.2, 0.25) is 0 Å². The molecule has 3 N–H and O–H groups in total. The average molecular weight is 336 g/mol. The van der Waals surface area contributed by atoms with E-state index in [4.69, 9.17) is 5.11 Å². The van der Waals surface area contributed by atoms with E-state index in [0.717, 1.165) is 18.7 Å². The van der Waals surface area contributed by atoms with Gasteiger partial charge in [0.25, 0.3) is 7.28 Å². The quantitative estimate of drug-likeness (QED) is 0.723. The molecule has 127 valence electrons. The first-order valence-corrected chi connectivity index (χ1v) is 8.15. The van der Waals surface area contributed by atoms with Crippen molar-refractivity contribution in [2.24, 2.45) is 0 Å². The molecule has 1 fully saturated rings. The van der Waals surface area contributed by atoms with Crippen LogP contribution in [0.15, 0.2) is 60.7 Å². The molecule has 0 spiro atoms. The van der Waals surface area contributed by atoms with Crippen molar-refractivity contribution in [2.45, 2.75) is 12.0 Å². The number of para-hydroxylation sites is 2. The van der Waals surface area contributed by atoms with Crippen LogP contribution in [-0.4, -0.2) is 49.2 Å². The summed E-state index contributed by atoms with van der Waals surface area (Å²) in [7, 11) is 1.13. The molecule has 1 saturated heterocycles. The van der Waals surface area contributed by atoms with Crippen LogP contribution < -0.4 is 15.5 Å². The zero-order chi connectivity index (χ0) is 17.6. The van der Waals surface area contributed by atoms with E-state index in [2.05, 4.69) is 10.6 Å². The molecule has 1 radical (unpaired) electrons. The van der Waals surface area contributed by atoms with Crippen LogP contribution in [-0.2, 0) is 4.79 Å². The summed E-state index contributed by atoms with van der Waals surface area (Å²) in [6, 6.07) is 18.0. The molecule has 0 aliphatic carbocycles. The van der Waals surface area contributed by atoms with E-state index in [1.807, 2.05) is 60.7 Å². The highest BCUT2D eigenvalue weighted by Gasteiger charge is 2.36. The van der Waals surface area contributed by atoms with Crippen LogP contribution >= 0.6 is 0 Å². The Labute approximate surface area is 147 Å². The summed E-state index contributed by atoms with van der Waals surface area (Å²) < 4.78 is 0. The van der Waals surface area contributed by atoms with Gasteiger partial charge in [-0.1, -0.05) is 36.4 Å². The average Bonchev–Trinajstić information content (AvgIpc) is 2.63. The van der Waals surface area contributed by atoms with Gasteiger partial charge in [0, 0.05) is 30.4 Å². The molecule has 6 nitrogen and oxygen atoms in total. The number of nitrogens with zero attached hydrogens (tertiary/aromatic N) is 1. The number of benzene rings is 2. The van der Waals surface area contributed by atoms with E-state index < -0.39 is 17.9 Å². The lowest BCUT2D eigenvalue weighted by Gasteiger charge is -2.35. The van der Waals surface area contributed by atoms with Gasteiger partial charge in [-0.15, -0.1) is 0 Å². The standard InChI is InChI=1S/C18H19BN3O3/c23-17(15-16(19-18(24)25)21-12-11-20-15)22(13-7-3-1-4-8-13)14-9-5-2-6-10-14/h1-10,15-16,20-21H,11-12H2,(H,24,25). The topological polar surface area (TPSA) is 81.7 Å². The van der Waals surface area contributed by atoms with Crippen molar-refractivity contribution in [1.82, 2.24) is 10.6 Å². The number of piperazine rings is 1. The van der Waals surface area contributed by atoms with Gasteiger partial charge in [0.15, 0.2) is 0 Å². The summed E-state index contributed by atoms with van der Waals surface area (Å²) in [6.07, 6.45) is 0. The van der Waals surface area contributed by atoms with Crippen molar-refractivity contribution in [3.05, 3.63) is 60.7 Å². The van der Waals surface area contributed by atoms with Crippen molar-refractivity contribution >= 4 is 30.4 Å². The summed E-state index contributed by atoms with van der Waals surface area (Å²) in [6.45, 7) is 1.20. The van der Waals surface area contributed by atoms with E-state index in [1.165, 1.54) is 0 Å². The van der Waals surface area contributed by atoms with Crippen LogP contribution in [0.3, 0.4) is 0 Å². The lowest BCUT2D eigenvalue weighted by Crippen LogP contribution is -2.64. The van der Waals surface area contributed by atoms with Gasteiger partial charge in [-0.05, 0) is 24.3 Å². The van der Waals surface area contributed by atoms with E-state index >= 15 is 0 Å². The Balaban J connectivity index is 1.95. The molecule has 1 heterocycles. The Kier molecular flexibility index (Phi) is 5.48. The fraction of sp³-hybridized carbons (Fsp3) is 0.222. The first kappa shape index (κ1) is 17.2. The Morgan fingerprint density at radius 2 is 1.44 bits per heavy atom. The first-order chi connectivity index (χ1) is 12.2. The smallest absolute Gasteiger partial charge is 0.283 e. The summed E-state index contributed by atoms with van der Waals surface area (Å²) in [5.74, 6) is -1.83. The van der Waals surface area contributed by atoms with Gasteiger partial charge in [-0.2, -0.15) is 0 Å². The van der Waals surface area contributed by atoms with Crippen molar-refractivity contribution in [2.75, 3.05) is 18.0 Å². The minimum absolute atomic E-state index is 0.202. The maximum Gasteiger partial charge on any atom is 0.283 e. The van der Waals surface area contributed by atoms with Gasteiger partial charge in [0.2, 0.25) is 11.8 Å². The minimum Gasteiger partial charge on any atom is -0.490 e. The zero-order valence-electron chi connectivity index (χ0n) is 13.6. The fourth-order valence-electron chi connectivity index (χ4n) is 2.96. The van der Waals surface area contributed by atoms with E-state index in [9.17, 15) is 9.59 Å². The van der Waals surface area contributed by atoms with Crippen molar-refractivity contribution in [3.63, 3.8) is 0 Å². The SMILES string of the molecule is O=C(O)[B]C1NCCNC1C(=O)N(c1ccccc1)c1ccccc1. The Bertz CT molecular complexity index is 687. The highest BCUT2D eigenvalue weighted by Crippen LogP contribution is 2.26. The zero-order valence-corrected chi connectivity index (χ0v) is 13.6. The first-order valence-electron chi connectivity index (χ1n) is 8.15. The molecule has 0 aromatic heterocycles. The minimum atomic E-state index is -1.05. The number of carbonyl (C=O) groups excluding carboxylic acids is 1. The number of anilines is 2. The second-order valence-electron chi connectivity index (χ2n) is 5.76. The van der Waals surface area contributed by atoms with Crippen molar-refractivity contribution in [3.8, 4) is 0 Å². The Morgan fingerprint density at radius 1 is 0.920 bits per heavy atom. The number of carboxylic acid groups (broad SMARTS) is 1. The van der Waals surface area contributed by atoms with Crippen LogP contribution in [0.25, 0.3) is 0 Å². The predicted octanol–water partition coefficient (Wildman–Crippen LogP) is 1.62. The summed E-state index contributed by atoms with van der Waals surface area (Å²) in [5, 5.41) is 15.3. The molecule has 2 atom stereocenters. The second kappa shape index (κ2) is 7.96. The molecule has 2 unspecified atom stereocenters. The Hall–Kier alpha value is -2.64. The van der Waals surface area contributed by atoms with Gasteiger partial charge in [-0.25, -0.2) is 0 Å². The normalized spacial score (nSPS) is 19.8. The maximum atomic E-state index is 13.3. The molecule has 2 aromatic carbocycles. The highest BCUT2D eigenvalue weighted by atomic mass is 16.4. The van der Waals surface area contributed by atoms with Crippen molar-refractivity contribution < 1.29 is 14.7 Å². The highest BCUT2D eigenvalue weighted by molar-refractivity contribution is 6.73. The van der Waals surface area contributed by atoms with Crippen LogP contribution in [0.1, 0.15) is 0 Å². The molecule has 2 aromatic rings. The van der Waals surface area contributed by atoms with Gasteiger partial charge in [-0.3, -0.25) is 14.5 Å². The lowest BCUT2D eigenvalue weighted by atomic mass is 9.65. The van der Waals surface area contributed by atoms with Gasteiger partial charge in [0.05, 0.1) is 6.04 Å². The van der Waals surface area contributed by atoms with E-state index in [-0.39, 0.29) is 5.91 Å². The van der Waals surface area contributed by atoms with Gasteiger partial charge in [0.1, 0.15) is 0 Å². The molecule has 25 heavy (non-hydrogen) atoms. The summed E-state index contributed by atoms with van der Waals surface area (Å²) in [5.41, 5.74) is 1.47. The monoisotopic (exact) mass is 336 g/mol. The third kappa shape index (κ3) is 4.07. The van der Waals surface area contributed by atoms with Gasteiger partial charge >= 0.3 is 0 Å². The van der Waals surface area contributed by atoms with Gasteiger partial charge < -0.3 is 15.7 Å². The molecular formula is C18H19BN3O3. The Morgan fingerprint density at radius 3 is 1.96 bits per heavy atom. The van der Waals surface area contributed by atoms with E-state index in [1.54, 1.807) is 4.90 Å². The number of hydrogen-bond donors (Lipinski definition) is 3. The fourth-order valence-corrected chi connectivity index (χ4v) is 2.96. The second-order valence-corrected chi connectivity index (χ2v) is 5.76. The third-order valence-electron chi connectivity index (χ3n) is 4.07. The molecular weight excluding hydrogens is 317 g/mol. The number of amides is 1. The van der Waals surface area contributed by atoms with Crippen molar-refractivity contribution in [1.29, 1.82) is 0 Å². The van der Waals surface area contributed by atoms with Crippen LogP contribution in [0.5, 0.6) is 0 Å². The lowest BCUT2D eigenvalue weighted by molar-refractivity contribution is -0.120. The number of hydrogen-bond acceptors (Lipinski definition) is 4. The maximum absolute atomic E-state index is 13.3. The number of nitrogens with one attached hydrogen (secondary N) is 2. The number of rotatable bonds is 5. The van der Waals surface area contributed by atoms with E-state index in [0.29, 0.717) is 13.1 Å². The molecule has 1 aliphatic rings. The molecule has 1 aliphatic heterocycles. The molecule has 0 bridgehead atoms. The molecule has 1 amide bonds. The largest absolute Gasteiger partial charge is 0.490 e. The predicted molar refractivity (Wildman–Crippen MR) is 97.4 cm³/mol. The third-order valence-corrected chi connectivity index (χ3v) is 4.07. The number of carbonyl (C=O) groups is 2. The molecule has 3 rings (SSSR count). The molecule has 0 saturated carbocycles.